The average molecular weight is 527 g/mol. The third kappa shape index (κ3) is 5.70. The first-order valence-electron chi connectivity index (χ1n) is 11.9. The van der Waals surface area contributed by atoms with Crippen LogP contribution in [-0.2, 0) is 22.6 Å². The van der Waals surface area contributed by atoms with E-state index in [1.165, 1.54) is 10.6 Å². The summed E-state index contributed by atoms with van der Waals surface area (Å²) in [7, 11) is 0. The zero-order valence-electron chi connectivity index (χ0n) is 19.9. The number of fused-ring (bicyclic) bond motifs is 1. The van der Waals surface area contributed by atoms with Crippen molar-refractivity contribution in [3.05, 3.63) is 85.0 Å². The largest absolute Gasteiger partial charge is 0.353 e. The van der Waals surface area contributed by atoms with Gasteiger partial charge in [0.2, 0.25) is 0 Å². The van der Waals surface area contributed by atoms with Crippen molar-refractivity contribution in [3.63, 3.8) is 0 Å². The molecule has 2 aromatic carbocycles. The predicted octanol–water partition coefficient (Wildman–Crippen LogP) is 4.92. The van der Waals surface area contributed by atoms with Crippen LogP contribution in [-0.4, -0.2) is 33.6 Å². The third-order valence-electron chi connectivity index (χ3n) is 6.06. The van der Waals surface area contributed by atoms with Crippen LogP contribution < -0.4 is 16.6 Å². The minimum Gasteiger partial charge on any atom is -0.353 e. The molecule has 0 radical (unpaired) electrons. The van der Waals surface area contributed by atoms with Crippen molar-refractivity contribution in [2.45, 2.75) is 45.6 Å². The number of ether oxygens (including phenoxy) is 2. The summed E-state index contributed by atoms with van der Waals surface area (Å²) in [6.45, 7) is 3.27. The zero-order valence-corrected chi connectivity index (χ0v) is 21.5. The molecule has 1 atom stereocenters. The minimum atomic E-state index is -0.414. The molecule has 3 heterocycles. The molecule has 188 valence electrons. The molecule has 1 aliphatic rings. The molecule has 5 rings (SSSR count). The van der Waals surface area contributed by atoms with E-state index in [2.05, 4.69) is 10.3 Å². The summed E-state index contributed by atoms with van der Waals surface area (Å²) in [6, 6.07) is 14.5. The molecule has 1 N–H and O–H groups in total. The normalized spacial score (nSPS) is 15.9. The summed E-state index contributed by atoms with van der Waals surface area (Å²) in [6.07, 6.45) is 2.61. The van der Waals surface area contributed by atoms with Crippen LogP contribution in [0.1, 0.15) is 29.8 Å². The number of aryl methyl sites for hydroxylation is 1. The number of benzene rings is 2. The molecule has 2 aromatic heterocycles. The molecule has 36 heavy (non-hydrogen) atoms. The maximum absolute atomic E-state index is 13.5. The quantitative estimate of drug-likeness (QED) is 0.351. The highest BCUT2D eigenvalue weighted by Gasteiger charge is 2.16. The second-order valence-electron chi connectivity index (χ2n) is 8.72. The van der Waals surface area contributed by atoms with Crippen LogP contribution in [0.3, 0.4) is 0 Å². The Morgan fingerprint density at radius 3 is 2.75 bits per heavy atom. The van der Waals surface area contributed by atoms with Gasteiger partial charge in [0.15, 0.2) is 6.29 Å². The van der Waals surface area contributed by atoms with Gasteiger partial charge in [-0.05, 0) is 62.1 Å². The molecule has 0 aliphatic carbocycles. The molecule has 10 heteroatoms. The summed E-state index contributed by atoms with van der Waals surface area (Å²) in [5, 5.41) is 4.87. The first-order chi connectivity index (χ1) is 17.5. The van der Waals surface area contributed by atoms with E-state index in [1.807, 2.05) is 37.3 Å². The van der Waals surface area contributed by atoms with Gasteiger partial charge in [-0.25, -0.2) is 9.78 Å². The van der Waals surface area contributed by atoms with Crippen molar-refractivity contribution in [1.29, 1.82) is 0 Å². The highest BCUT2D eigenvalue weighted by atomic mass is 35.5. The standard InChI is InChI=1S/C26H27ClN4O4S/c1-17-28-21-10-9-20(14-22(21)36-17)29-23-15-24(32)30(11-13-35-25-4-2-3-12-34-25)26(33)31(23)16-18-5-7-19(27)8-6-18/h5-10,14-15,25,29H,2-4,11-13,16H2,1H3. The maximum atomic E-state index is 13.5. The molecule has 1 fully saturated rings. The van der Waals surface area contributed by atoms with Gasteiger partial charge in [0.1, 0.15) is 5.82 Å². The highest BCUT2D eigenvalue weighted by Crippen LogP contribution is 2.26. The van der Waals surface area contributed by atoms with Crippen LogP contribution in [0.15, 0.2) is 58.1 Å². The van der Waals surface area contributed by atoms with Gasteiger partial charge in [0.05, 0.1) is 34.9 Å². The molecule has 4 aromatic rings. The summed E-state index contributed by atoms with van der Waals surface area (Å²) in [4.78, 5) is 31.0. The van der Waals surface area contributed by atoms with Gasteiger partial charge in [-0.15, -0.1) is 11.3 Å². The van der Waals surface area contributed by atoms with E-state index in [4.69, 9.17) is 21.1 Å². The monoisotopic (exact) mass is 526 g/mol. The molecule has 1 unspecified atom stereocenters. The van der Waals surface area contributed by atoms with Crippen molar-refractivity contribution in [3.8, 4) is 0 Å². The van der Waals surface area contributed by atoms with Crippen molar-refractivity contribution < 1.29 is 9.47 Å². The molecule has 0 saturated carbocycles. The van der Waals surface area contributed by atoms with Crippen molar-refractivity contribution >= 4 is 44.7 Å². The SMILES string of the molecule is Cc1nc2ccc(Nc3cc(=O)n(CCOC4CCCCO4)c(=O)n3Cc3ccc(Cl)cc3)cc2s1. The Balaban J connectivity index is 1.45. The number of hydrogen-bond acceptors (Lipinski definition) is 7. The number of halogens is 1. The van der Waals surface area contributed by atoms with E-state index in [0.717, 1.165) is 45.7 Å². The Bertz CT molecular complexity index is 1470. The average Bonchev–Trinajstić information content (AvgIpc) is 3.24. The number of anilines is 2. The van der Waals surface area contributed by atoms with Gasteiger partial charge in [0, 0.05) is 23.4 Å². The number of hydrogen-bond donors (Lipinski definition) is 1. The van der Waals surface area contributed by atoms with Crippen LogP contribution in [0, 0.1) is 6.92 Å². The number of nitrogens with one attached hydrogen (secondary N) is 1. The molecule has 0 spiro atoms. The van der Waals surface area contributed by atoms with Crippen molar-refractivity contribution in [1.82, 2.24) is 14.1 Å². The fourth-order valence-electron chi connectivity index (χ4n) is 4.23. The fraction of sp³-hybridized carbons (Fsp3) is 0.346. The lowest BCUT2D eigenvalue weighted by Gasteiger charge is -2.23. The Hall–Kier alpha value is -2.98. The highest BCUT2D eigenvalue weighted by molar-refractivity contribution is 7.18. The smallest absolute Gasteiger partial charge is 0.332 e. The molecule has 0 bridgehead atoms. The van der Waals surface area contributed by atoms with Crippen LogP contribution in [0.5, 0.6) is 0 Å². The first-order valence-corrected chi connectivity index (χ1v) is 13.1. The van der Waals surface area contributed by atoms with Crippen molar-refractivity contribution in [2.24, 2.45) is 0 Å². The maximum Gasteiger partial charge on any atom is 0.332 e. The van der Waals surface area contributed by atoms with E-state index in [0.29, 0.717) is 17.4 Å². The Labute approximate surface area is 217 Å². The van der Waals surface area contributed by atoms with E-state index < -0.39 is 11.2 Å². The Morgan fingerprint density at radius 2 is 1.97 bits per heavy atom. The number of aromatic nitrogens is 3. The summed E-state index contributed by atoms with van der Waals surface area (Å²) < 4.78 is 15.2. The molecular weight excluding hydrogens is 500 g/mol. The lowest BCUT2D eigenvalue weighted by Crippen LogP contribution is -2.41. The van der Waals surface area contributed by atoms with Crippen LogP contribution in [0.4, 0.5) is 11.5 Å². The second kappa shape index (κ2) is 11.0. The van der Waals surface area contributed by atoms with E-state index in [-0.39, 0.29) is 26.0 Å². The predicted molar refractivity (Wildman–Crippen MR) is 143 cm³/mol. The second-order valence-corrected chi connectivity index (χ2v) is 10.4. The van der Waals surface area contributed by atoms with Crippen LogP contribution >= 0.6 is 22.9 Å². The van der Waals surface area contributed by atoms with E-state index >= 15 is 0 Å². The number of nitrogens with zero attached hydrogens (tertiary/aromatic N) is 3. The number of thiazole rings is 1. The van der Waals surface area contributed by atoms with Gasteiger partial charge in [-0.2, -0.15) is 0 Å². The summed E-state index contributed by atoms with van der Waals surface area (Å²) in [5.74, 6) is 0.410. The molecule has 1 saturated heterocycles. The Morgan fingerprint density at radius 1 is 1.14 bits per heavy atom. The molecule has 1 aliphatic heterocycles. The van der Waals surface area contributed by atoms with E-state index in [1.54, 1.807) is 28.0 Å². The zero-order chi connectivity index (χ0) is 25.1. The van der Waals surface area contributed by atoms with Crippen LogP contribution in [0.2, 0.25) is 5.02 Å². The molecule has 8 nitrogen and oxygen atoms in total. The fourth-order valence-corrected chi connectivity index (χ4v) is 5.23. The van der Waals surface area contributed by atoms with Gasteiger partial charge in [0.25, 0.3) is 5.56 Å². The summed E-state index contributed by atoms with van der Waals surface area (Å²) >= 11 is 7.64. The van der Waals surface area contributed by atoms with Gasteiger partial charge in [-0.1, -0.05) is 23.7 Å². The first kappa shape index (κ1) is 24.7. The molecular formula is C26H27ClN4O4S. The number of rotatable bonds is 8. The van der Waals surface area contributed by atoms with Gasteiger partial charge >= 0.3 is 5.69 Å². The van der Waals surface area contributed by atoms with Gasteiger partial charge in [-0.3, -0.25) is 13.9 Å². The Kier molecular flexibility index (Phi) is 7.52. The van der Waals surface area contributed by atoms with Gasteiger partial charge < -0.3 is 14.8 Å². The van der Waals surface area contributed by atoms with Crippen molar-refractivity contribution in [2.75, 3.05) is 18.5 Å². The third-order valence-corrected chi connectivity index (χ3v) is 7.24. The lowest BCUT2D eigenvalue weighted by molar-refractivity contribution is -0.163. The van der Waals surface area contributed by atoms with E-state index in [9.17, 15) is 9.59 Å². The molecule has 0 amide bonds. The minimum absolute atomic E-state index is 0.143. The topological polar surface area (TPSA) is 87.4 Å². The van der Waals surface area contributed by atoms with Crippen LogP contribution in [0.25, 0.3) is 10.2 Å². The summed E-state index contributed by atoms with van der Waals surface area (Å²) in [5.41, 5.74) is 1.76. The lowest BCUT2D eigenvalue weighted by atomic mass is 10.2.